The van der Waals surface area contributed by atoms with Gasteiger partial charge in [-0.25, -0.2) is 9.89 Å². The van der Waals surface area contributed by atoms with Crippen molar-refractivity contribution in [1.29, 1.82) is 0 Å². The lowest BCUT2D eigenvalue weighted by atomic mass is 10.3. The Morgan fingerprint density at radius 2 is 2.18 bits per heavy atom. The van der Waals surface area contributed by atoms with Gasteiger partial charge in [-0.15, -0.1) is 0 Å². The highest BCUT2D eigenvalue weighted by atomic mass is 35.5. The molecule has 7 nitrogen and oxygen atoms in total. The number of nitrogens with zero attached hydrogens (tertiary/aromatic N) is 3. The molecule has 1 aliphatic rings. The monoisotopic (exact) mass is 342 g/mol. The maximum absolute atomic E-state index is 12.2. The van der Waals surface area contributed by atoms with E-state index in [1.165, 1.54) is 4.57 Å². The average molecular weight is 343 g/mol. The summed E-state index contributed by atoms with van der Waals surface area (Å²) >= 11 is 11.8. The number of hydrogen-bond acceptors (Lipinski definition) is 4. The van der Waals surface area contributed by atoms with E-state index >= 15 is 0 Å². The summed E-state index contributed by atoms with van der Waals surface area (Å²) in [7, 11) is 0. The highest BCUT2D eigenvalue weighted by Gasteiger charge is 2.23. The number of ether oxygens (including phenoxy) is 1. The molecular formula is C13H12Cl2N4O3. The topological polar surface area (TPSA) is 80.2 Å². The molecule has 0 unspecified atom stereocenters. The molecule has 1 amide bonds. The predicted molar refractivity (Wildman–Crippen MR) is 80.2 cm³/mol. The predicted octanol–water partition coefficient (Wildman–Crippen LogP) is 1.30. The molecule has 9 heteroatoms. The molecule has 0 radical (unpaired) electrons. The zero-order chi connectivity index (χ0) is 15.7. The van der Waals surface area contributed by atoms with Gasteiger partial charge in [0.2, 0.25) is 0 Å². The molecule has 0 atom stereocenters. The second-order valence-electron chi connectivity index (χ2n) is 4.78. The first-order chi connectivity index (χ1) is 10.5. The van der Waals surface area contributed by atoms with Crippen molar-refractivity contribution >= 4 is 29.1 Å². The lowest BCUT2D eigenvalue weighted by Crippen LogP contribution is -2.42. The largest absolute Gasteiger partial charge is 0.482 e. The van der Waals surface area contributed by atoms with Crippen molar-refractivity contribution in [3.8, 4) is 5.75 Å². The molecule has 22 heavy (non-hydrogen) atoms. The maximum atomic E-state index is 12.2. The van der Waals surface area contributed by atoms with E-state index in [0.29, 0.717) is 34.7 Å². The summed E-state index contributed by atoms with van der Waals surface area (Å²) in [4.78, 5) is 25.2. The number of benzene rings is 1. The van der Waals surface area contributed by atoms with E-state index in [4.69, 9.17) is 27.9 Å². The molecular weight excluding hydrogens is 331 g/mol. The van der Waals surface area contributed by atoms with E-state index in [1.54, 1.807) is 23.1 Å². The van der Waals surface area contributed by atoms with Crippen LogP contribution in [0.25, 0.3) is 0 Å². The van der Waals surface area contributed by atoms with Crippen LogP contribution in [0.1, 0.15) is 5.82 Å². The fraction of sp³-hybridized carbons (Fsp3) is 0.308. The van der Waals surface area contributed by atoms with Crippen LogP contribution in [-0.2, 0) is 17.9 Å². The second kappa shape index (κ2) is 6.02. The smallest absolute Gasteiger partial charge is 0.343 e. The number of carbonyl (C=O) groups excluding carboxylic acids is 1. The summed E-state index contributed by atoms with van der Waals surface area (Å²) in [5.41, 5.74) is -0.260. The van der Waals surface area contributed by atoms with Crippen LogP contribution >= 0.6 is 23.2 Å². The average Bonchev–Trinajstić information content (AvgIpc) is 2.88. The maximum Gasteiger partial charge on any atom is 0.343 e. The third kappa shape index (κ3) is 2.95. The van der Waals surface area contributed by atoms with E-state index in [9.17, 15) is 9.59 Å². The van der Waals surface area contributed by atoms with Crippen molar-refractivity contribution in [2.24, 2.45) is 0 Å². The Balaban J connectivity index is 1.63. The fourth-order valence-corrected chi connectivity index (χ4v) is 2.54. The highest BCUT2D eigenvalue weighted by molar-refractivity contribution is 6.34. The van der Waals surface area contributed by atoms with E-state index in [1.807, 2.05) is 0 Å². The van der Waals surface area contributed by atoms with Crippen LogP contribution in [0, 0.1) is 0 Å². The van der Waals surface area contributed by atoms with Crippen molar-refractivity contribution < 1.29 is 9.53 Å². The Labute approximate surface area is 135 Å². The molecule has 2 heterocycles. The SMILES string of the molecule is O=C(COc1cc(Cl)ccc1Cl)N1CCn2c(n[nH]c2=O)C1. The van der Waals surface area contributed by atoms with Crippen molar-refractivity contribution in [2.45, 2.75) is 13.1 Å². The van der Waals surface area contributed by atoms with Gasteiger partial charge in [0.15, 0.2) is 12.4 Å². The van der Waals surface area contributed by atoms with E-state index in [-0.39, 0.29) is 24.7 Å². The van der Waals surface area contributed by atoms with Gasteiger partial charge in [-0.05, 0) is 12.1 Å². The van der Waals surface area contributed by atoms with Crippen molar-refractivity contribution in [3.05, 3.63) is 44.6 Å². The number of rotatable bonds is 3. The third-order valence-corrected chi connectivity index (χ3v) is 3.91. The Hall–Kier alpha value is -1.99. The first kappa shape index (κ1) is 14.9. The van der Waals surface area contributed by atoms with Gasteiger partial charge >= 0.3 is 5.69 Å². The van der Waals surface area contributed by atoms with Gasteiger partial charge in [-0.1, -0.05) is 23.2 Å². The van der Waals surface area contributed by atoms with Gasteiger partial charge < -0.3 is 9.64 Å². The standard InChI is InChI=1S/C13H12Cl2N4O3/c14-8-1-2-9(15)10(5-8)22-7-12(20)18-3-4-19-11(6-18)16-17-13(19)21/h1-2,5H,3-4,6-7H2,(H,17,21). The van der Waals surface area contributed by atoms with Crippen LogP contribution < -0.4 is 10.4 Å². The zero-order valence-corrected chi connectivity index (χ0v) is 12.9. The Morgan fingerprint density at radius 3 is 3.00 bits per heavy atom. The summed E-state index contributed by atoms with van der Waals surface area (Å²) in [5.74, 6) is 0.680. The Bertz CT molecular complexity index is 771. The molecule has 0 aliphatic carbocycles. The molecule has 0 bridgehead atoms. The first-order valence-corrected chi connectivity index (χ1v) is 7.30. The highest BCUT2D eigenvalue weighted by Crippen LogP contribution is 2.27. The van der Waals surface area contributed by atoms with Gasteiger partial charge in [-0.3, -0.25) is 9.36 Å². The number of carbonyl (C=O) groups is 1. The Kier molecular flexibility index (Phi) is 4.08. The molecule has 2 aromatic rings. The minimum Gasteiger partial charge on any atom is -0.482 e. The molecule has 1 aliphatic heterocycles. The van der Waals surface area contributed by atoms with Gasteiger partial charge in [0.05, 0.1) is 11.6 Å². The summed E-state index contributed by atoms with van der Waals surface area (Å²) in [5, 5.41) is 7.11. The number of H-pyrrole nitrogens is 1. The van der Waals surface area contributed by atoms with Gasteiger partial charge in [0, 0.05) is 24.2 Å². The summed E-state index contributed by atoms with van der Waals surface area (Å²) < 4.78 is 6.93. The third-order valence-electron chi connectivity index (χ3n) is 3.36. The van der Waals surface area contributed by atoms with Crippen LogP contribution in [0.5, 0.6) is 5.75 Å². The second-order valence-corrected chi connectivity index (χ2v) is 5.62. The molecule has 0 saturated heterocycles. The molecule has 0 fully saturated rings. The first-order valence-electron chi connectivity index (χ1n) is 6.54. The van der Waals surface area contributed by atoms with Crippen molar-refractivity contribution in [1.82, 2.24) is 19.7 Å². The van der Waals surface area contributed by atoms with Gasteiger partial charge in [0.1, 0.15) is 5.75 Å². The van der Waals surface area contributed by atoms with E-state index in [2.05, 4.69) is 10.2 Å². The van der Waals surface area contributed by atoms with Crippen LogP contribution in [0.2, 0.25) is 10.0 Å². The molecule has 1 N–H and O–H groups in total. The molecule has 1 aromatic carbocycles. The number of hydrogen-bond donors (Lipinski definition) is 1. The molecule has 116 valence electrons. The molecule has 1 aromatic heterocycles. The van der Waals surface area contributed by atoms with E-state index in [0.717, 1.165) is 0 Å². The van der Waals surface area contributed by atoms with Crippen molar-refractivity contribution in [2.75, 3.05) is 13.2 Å². The summed E-state index contributed by atoms with van der Waals surface area (Å²) in [6.45, 7) is 0.950. The lowest BCUT2D eigenvalue weighted by Gasteiger charge is -2.26. The minimum absolute atomic E-state index is 0.158. The quantitative estimate of drug-likeness (QED) is 0.911. The van der Waals surface area contributed by atoms with E-state index < -0.39 is 0 Å². The van der Waals surface area contributed by atoms with Crippen LogP contribution in [-0.4, -0.2) is 38.7 Å². The number of fused-ring (bicyclic) bond motifs is 1. The normalized spacial score (nSPS) is 13.8. The number of aromatic amines is 1. The van der Waals surface area contributed by atoms with Crippen LogP contribution in [0.3, 0.4) is 0 Å². The number of aromatic nitrogens is 3. The van der Waals surface area contributed by atoms with Gasteiger partial charge in [-0.2, -0.15) is 5.10 Å². The molecule has 0 saturated carbocycles. The Morgan fingerprint density at radius 1 is 1.36 bits per heavy atom. The number of amides is 1. The van der Waals surface area contributed by atoms with Crippen LogP contribution in [0.15, 0.2) is 23.0 Å². The molecule has 0 spiro atoms. The minimum atomic E-state index is -0.260. The number of nitrogens with one attached hydrogen (secondary N) is 1. The number of halogens is 2. The van der Waals surface area contributed by atoms with Crippen LogP contribution in [0.4, 0.5) is 0 Å². The zero-order valence-electron chi connectivity index (χ0n) is 11.4. The lowest BCUT2D eigenvalue weighted by molar-refractivity contribution is -0.134. The van der Waals surface area contributed by atoms with Gasteiger partial charge in [0.25, 0.3) is 5.91 Å². The molecule has 3 rings (SSSR count). The summed E-state index contributed by atoms with van der Waals surface area (Å²) in [6, 6.07) is 4.80. The van der Waals surface area contributed by atoms with Crippen molar-refractivity contribution in [3.63, 3.8) is 0 Å². The summed E-state index contributed by atoms with van der Waals surface area (Å²) in [6.07, 6.45) is 0. The fourth-order valence-electron chi connectivity index (χ4n) is 2.20.